The van der Waals surface area contributed by atoms with E-state index in [1.807, 2.05) is 33.0 Å². The molecule has 0 saturated heterocycles. The number of carbonyl (C=O) groups excluding carboxylic acids is 1. The standard InChI is InChI=1S/C14H20ClNO2/c1-11(2)16(3)14(17)5-4-10-18-13-8-6-12(15)7-9-13/h6-9,11H,4-5,10H2,1-3H3. The molecule has 0 unspecified atom stereocenters. The molecule has 4 heteroatoms. The Labute approximate surface area is 114 Å². The molecule has 100 valence electrons. The topological polar surface area (TPSA) is 29.5 Å². The van der Waals surface area contributed by atoms with Crippen LogP contribution in [0.5, 0.6) is 5.75 Å². The van der Waals surface area contributed by atoms with Gasteiger partial charge < -0.3 is 9.64 Å². The predicted molar refractivity (Wildman–Crippen MR) is 74.1 cm³/mol. The number of halogens is 1. The van der Waals surface area contributed by atoms with Gasteiger partial charge in [-0.25, -0.2) is 0 Å². The average Bonchev–Trinajstić information content (AvgIpc) is 2.35. The van der Waals surface area contributed by atoms with Crippen LogP contribution < -0.4 is 4.74 Å². The number of rotatable bonds is 6. The number of benzene rings is 1. The molecule has 1 aromatic rings. The van der Waals surface area contributed by atoms with E-state index in [0.29, 0.717) is 18.1 Å². The lowest BCUT2D eigenvalue weighted by molar-refractivity contribution is -0.131. The molecule has 0 aromatic heterocycles. The van der Waals surface area contributed by atoms with Crippen LogP contribution in [0.4, 0.5) is 0 Å². The van der Waals surface area contributed by atoms with Gasteiger partial charge in [-0.05, 0) is 44.5 Å². The van der Waals surface area contributed by atoms with Crippen LogP contribution in [0, 0.1) is 0 Å². The van der Waals surface area contributed by atoms with Gasteiger partial charge in [0.2, 0.25) is 5.91 Å². The molecule has 0 N–H and O–H groups in total. The van der Waals surface area contributed by atoms with Crippen molar-refractivity contribution >= 4 is 17.5 Å². The lowest BCUT2D eigenvalue weighted by Crippen LogP contribution is -2.32. The lowest BCUT2D eigenvalue weighted by Gasteiger charge is -2.21. The van der Waals surface area contributed by atoms with Crippen molar-refractivity contribution in [3.63, 3.8) is 0 Å². The summed E-state index contributed by atoms with van der Waals surface area (Å²) in [7, 11) is 1.83. The number of ether oxygens (including phenoxy) is 1. The van der Waals surface area contributed by atoms with Gasteiger partial charge in [0.1, 0.15) is 5.75 Å². The first kappa shape index (κ1) is 14.8. The third kappa shape index (κ3) is 4.96. The van der Waals surface area contributed by atoms with E-state index in [1.54, 1.807) is 17.0 Å². The van der Waals surface area contributed by atoms with E-state index >= 15 is 0 Å². The molecule has 1 aromatic carbocycles. The number of amides is 1. The van der Waals surface area contributed by atoms with Gasteiger partial charge in [0.15, 0.2) is 0 Å². The zero-order chi connectivity index (χ0) is 13.5. The van der Waals surface area contributed by atoms with Gasteiger partial charge in [0, 0.05) is 24.5 Å². The average molecular weight is 270 g/mol. The van der Waals surface area contributed by atoms with Crippen molar-refractivity contribution < 1.29 is 9.53 Å². The SMILES string of the molecule is CC(C)N(C)C(=O)CCCOc1ccc(Cl)cc1. The molecule has 0 fully saturated rings. The molecule has 0 aliphatic carbocycles. The van der Waals surface area contributed by atoms with Crippen LogP contribution in [0.25, 0.3) is 0 Å². The molecule has 0 spiro atoms. The maximum atomic E-state index is 11.7. The van der Waals surface area contributed by atoms with E-state index in [2.05, 4.69) is 0 Å². The van der Waals surface area contributed by atoms with Crippen molar-refractivity contribution in [1.29, 1.82) is 0 Å². The third-order valence-corrected chi connectivity index (χ3v) is 3.04. The van der Waals surface area contributed by atoms with Gasteiger partial charge in [-0.3, -0.25) is 4.79 Å². The zero-order valence-corrected chi connectivity index (χ0v) is 11.9. The smallest absolute Gasteiger partial charge is 0.222 e. The van der Waals surface area contributed by atoms with Gasteiger partial charge in [-0.2, -0.15) is 0 Å². The Hall–Kier alpha value is -1.22. The highest BCUT2D eigenvalue weighted by Gasteiger charge is 2.10. The number of carbonyl (C=O) groups is 1. The molecule has 3 nitrogen and oxygen atoms in total. The summed E-state index contributed by atoms with van der Waals surface area (Å²) in [5.74, 6) is 0.939. The van der Waals surface area contributed by atoms with Gasteiger partial charge >= 0.3 is 0 Å². The largest absolute Gasteiger partial charge is 0.494 e. The summed E-state index contributed by atoms with van der Waals surface area (Å²) in [6.07, 6.45) is 1.24. The summed E-state index contributed by atoms with van der Waals surface area (Å²) in [6, 6.07) is 7.47. The fourth-order valence-corrected chi connectivity index (χ4v) is 1.53. The molecule has 1 amide bonds. The van der Waals surface area contributed by atoms with Crippen LogP contribution in [0.3, 0.4) is 0 Å². The van der Waals surface area contributed by atoms with Crippen molar-refractivity contribution in [2.45, 2.75) is 32.7 Å². The Bertz CT molecular complexity index is 376. The van der Waals surface area contributed by atoms with Crippen LogP contribution in [-0.2, 0) is 4.79 Å². The van der Waals surface area contributed by atoms with Gasteiger partial charge in [-0.1, -0.05) is 11.6 Å². The van der Waals surface area contributed by atoms with Crippen LogP contribution in [0.1, 0.15) is 26.7 Å². The van der Waals surface area contributed by atoms with Crippen molar-refractivity contribution in [2.24, 2.45) is 0 Å². The second-order valence-corrected chi connectivity index (χ2v) is 4.94. The predicted octanol–water partition coefficient (Wildman–Crippen LogP) is 3.37. The Morgan fingerprint density at radius 3 is 2.50 bits per heavy atom. The lowest BCUT2D eigenvalue weighted by atomic mass is 10.2. The molecule has 0 saturated carbocycles. The zero-order valence-electron chi connectivity index (χ0n) is 11.1. The van der Waals surface area contributed by atoms with Gasteiger partial charge in [0.05, 0.1) is 6.61 Å². The summed E-state index contributed by atoms with van der Waals surface area (Å²) < 4.78 is 5.52. The molecule has 0 heterocycles. The Balaban J connectivity index is 2.23. The molecule has 0 atom stereocenters. The first-order chi connectivity index (χ1) is 8.50. The summed E-state index contributed by atoms with van der Waals surface area (Å²) >= 11 is 5.77. The molecular formula is C14H20ClNO2. The molecule has 1 rings (SSSR count). The molecule has 0 bridgehead atoms. The normalized spacial score (nSPS) is 10.5. The summed E-state index contributed by atoms with van der Waals surface area (Å²) in [4.78, 5) is 13.4. The Morgan fingerprint density at radius 2 is 1.94 bits per heavy atom. The third-order valence-electron chi connectivity index (χ3n) is 2.79. The number of hydrogen-bond donors (Lipinski definition) is 0. The first-order valence-corrected chi connectivity index (χ1v) is 6.52. The van der Waals surface area contributed by atoms with Crippen molar-refractivity contribution in [2.75, 3.05) is 13.7 Å². The minimum absolute atomic E-state index is 0.157. The highest BCUT2D eigenvalue weighted by Crippen LogP contribution is 2.15. The second-order valence-electron chi connectivity index (χ2n) is 4.50. The first-order valence-electron chi connectivity index (χ1n) is 6.14. The monoisotopic (exact) mass is 269 g/mol. The molecule has 0 radical (unpaired) electrons. The van der Waals surface area contributed by atoms with E-state index in [-0.39, 0.29) is 11.9 Å². The van der Waals surface area contributed by atoms with E-state index in [1.165, 1.54) is 0 Å². The highest BCUT2D eigenvalue weighted by molar-refractivity contribution is 6.30. The maximum absolute atomic E-state index is 11.7. The van der Waals surface area contributed by atoms with Crippen molar-refractivity contribution in [1.82, 2.24) is 4.90 Å². The van der Waals surface area contributed by atoms with E-state index < -0.39 is 0 Å². The molecule has 0 aliphatic heterocycles. The summed E-state index contributed by atoms with van der Waals surface area (Å²) in [6.45, 7) is 4.55. The van der Waals surface area contributed by atoms with Crippen LogP contribution in [0.15, 0.2) is 24.3 Å². The van der Waals surface area contributed by atoms with Crippen LogP contribution >= 0.6 is 11.6 Å². The molecule has 18 heavy (non-hydrogen) atoms. The maximum Gasteiger partial charge on any atom is 0.222 e. The summed E-state index contributed by atoms with van der Waals surface area (Å²) in [5, 5.41) is 0.691. The number of nitrogens with zero attached hydrogens (tertiary/aromatic N) is 1. The molecule has 0 aliphatic rings. The van der Waals surface area contributed by atoms with Crippen LogP contribution in [0.2, 0.25) is 5.02 Å². The minimum Gasteiger partial charge on any atom is -0.494 e. The fourth-order valence-electron chi connectivity index (χ4n) is 1.41. The van der Waals surface area contributed by atoms with Crippen LogP contribution in [-0.4, -0.2) is 30.5 Å². The molecular weight excluding hydrogens is 250 g/mol. The van der Waals surface area contributed by atoms with E-state index in [0.717, 1.165) is 12.2 Å². The van der Waals surface area contributed by atoms with Crippen molar-refractivity contribution in [3.8, 4) is 5.75 Å². The number of hydrogen-bond acceptors (Lipinski definition) is 2. The Morgan fingerprint density at radius 1 is 1.33 bits per heavy atom. The van der Waals surface area contributed by atoms with Gasteiger partial charge in [-0.15, -0.1) is 0 Å². The minimum atomic E-state index is 0.157. The van der Waals surface area contributed by atoms with E-state index in [9.17, 15) is 4.79 Å². The van der Waals surface area contributed by atoms with Gasteiger partial charge in [0.25, 0.3) is 0 Å². The van der Waals surface area contributed by atoms with E-state index in [4.69, 9.17) is 16.3 Å². The quantitative estimate of drug-likeness (QED) is 0.741. The van der Waals surface area contributed by atoms with Crippen molar-refractivity contribution in [3.05, 3.63) is 29.3 Å². The Kier molecular flexibility index (Phi) is 5.99. The second kappa shape index (κ2) is 7.27. The fraction of sp³-hybridized carbons (Fsp3) is 0.500. The summed E-state index contributed by atoms with van der Waals surface area (Å²) in [5.41, 5.74) is 0. The highest BCUT2D eigenvalue weighted by atomic mass is 35.5.